The van der Waals surface area contributed by atoms with E-state index in [9.17, 15) is 0 Å². The number of anilines is 3. The van der Waals surface area contributed by atoms with E-state index in [1.54, 1.807) is 0 Å². The number of rotatable bonds is 7. The summed E-state index contributed by atoms with van der Waals surface area (Å²) in [4.78, 5) is 2.46. The van der Waals surface area contributed by atoms with Crippen LogP contribution in [0.5, 0.6) is 0 Å². The second kappa shape index (κ2) is 14.3. The maximum Gasteiger partial charge on any atom is 0.136 e. The normalized spacial score (nSPS) is 11.6. The van der Waals surface area contributed by atoms with E-state index in [0.29, 0.717) is 0 Å². The zero-order valence-electron chi connectivity index (χ0n) is 33.2. The zero-order chi connectivity index (χ0) is 40.3. The number of nitrogens with zero attached hydrogens (tertiary/aromatic N) is 2. The number of benzene rings is 10. The molecular weight excluding hydrogens is 741 g/mol. The number of hydrogen-bond acceptors (Lipinski definition) is 2. The van der Waals surface area contributed by atoms with Crippen LogP contribution in [0, 0.1) is 0 Å². The van der Waals surface area contributed by atoms with Crippen molar-refractivity contribution in [3.8, 4) is 39.1 Å². The van der Waals surface area contributed by atoms with E-state index < -0.39 is 0 Å². The van der Waals surface area contributed by atoms with Crippen LogP contribution in [0.4, 0.5) is 17.1 Å². The van der Waals surface area contributed by atoms with Gasteiger partial charge in [-0.2, -0.15) is 0 Å². The lowest BCUT2D eigenvalue weighted by Gasteiger charge is -2.31. The van der Waals surface area contributed by atoms with Crippen LogP contribution in [-0.4, -0.2) is 4.57 Å². The number of furan rings is 1. The summed E-state index contributed by atoms with van der Waals surface area (Å²) in [5.74, 6) is 0. The predicted molar refractivity (Wildman–Crippen MR) is 257 cm³/mol. The Labute approximate surface area is 353 Å². The van der Waals surface area contributed by atoms with E-state index in [1.165, 1.54) is 38.1 Å². The zero-order valence-corrected chi connectivity index (χ0v) is 33.2. The molecule has 0 N–H and O–H groups in total. The average molecular weight is 779 g/mol. The molecule has 0 amide bonds. The highest BCUT2D eigenvalue weighted by Crippen LogP contribution is 2.47. The molecule has 3 nitrogen and oxygen atoms in total. The Hall–Kier alpha value is -8.14. The molecule has 0 spiro atoms. The third kappa shape index (κ3) is 5.90. The quantitative estimate of drug-likeness (QED) is 0.161. The van der Waals surface area contributed by atoms with Gasteiger partial charge in [-0.15, -0.1) is 0 Å². The Kier molecular flexibility index (Phi) is 8.17. The lowest BCUT2D eigenvalue weighted by molar-refractivity contribution is 0.669. The molecule has 61 heavy (non-hydrogen) atoms. The van der Waals surface area contributed by atoms with Crippen LogP contribution in [-0.2, 0) is 0 Å². The van der Waals surface area contributed by atoms with Crippen molar-refractivity contribution in [2.75, 3.05) is 4.90 Å². The highest BCUT2D eigenvalue weighted by atomic mass is 16.3. The minimum Gasteiger partial charge on any atom is -0.456 e. The Balaban J connectivity index is 1.10. The lowest BCUT2D eigenvalue weighted by Crippen LogP contribution is -2.14. The smallest absolute Gasteiger partial charge is 0.136 e. The van der Waals surface area contributed by atoms with Gasteiger partial charge in [0.2, 0.25) is 0 Å². The SMILES string of the molecule is c1ccc(-c2ccc(-c3ccc4ccccc4c3)cc2N(c2ccc(-c3ccc4c(c3)oc3ccccc34)cc2)c2ccccc2-n2c3ccccc3c3ccccc32)cc1. The van der Waals surface area contributed by atoms with Crippen molar-refractivity contribution in [1.82, 2.24) is 4.57 Å². The maximum absolute atomic E-state index is 6.32. The molecule has 286 valence electrons. The molecular formula is C58H38N2O. The van der Waals surface area contributed by atoms with Crippen molar-refractivity contribution in [2.24, 2.45) is 0 Å². The number of para-hydroxylation sites is 5. The second-order valence-corrected chi connectivity index (χ2v) is 15.7. The van der Waals surface area contributed by atoms with Crippen molar-refractivity contribution in [1.29, 1.82) is 0 Å². The molecule has 10 aromatic carbocycles. The first kappa shape index (κ1) is 34.9. The van der Waals surface area contributed by atoms with Crippen molar-refractivity contribution in [2.45, 2.75) is 0 Å². The van der Waals surface area contributed by atoms with Gasteiger partial charge in [0.05, 0.1) is 28.1 Å². The lowest BCUT2D eigenvalue weighted by atomic mass is 9.95. The molecule has 0 saturated heterocycles. The van der Waals surface area contributed by atoms with Gasteiger partial charge in [0.25, 0.3) is 0 Å². The van der Waals surface area contributed by atoms with Gasteiger partial charge in [0, 0.05) is 32.8 Å². The Morgan fingerprint density at radius 1 is 0.328 bits per heavy atom. The Morgan fingerprint density at radius 3 is 1.70 bits per heavy atom. The molecule has 0 unspecified atom stereocenters. The molecule has 0 atom stereocenters. The van der Waals surface area contributed by atoms with E-state index in [4.69, 9.17) is 4.42 Å². The average Bonchev–Trinajstić information content (AvgIpc) is 3.88. The fourth-order valence-corrected chi connectivity index (χ4v) is 9.27. The second-order valence-electron chi connectivity index (χ2n) is 15.7. The fourth-order valence-electron chi connectivity index (χ4n) is 9.27. The molecule has 0 aliphatic carbocycles. The van der Waals surface area contributed by atoms with Crippen LogP contribution >= 0.6 is 0 Å². The van der Waals surface area contributed by atoms with Crippen molar-refractivity contribution < 1.29 is 4.42 Å². The van der Waals surface area contributed by atoms with Gasteiger partial charge >= 0.3 is 0 Å². The predicted octanol–water partition coefficient (Wildman–Crippen LogP) is 16.3. The summed E-state index contributed by atoms with van der Waals surface area (Å²) >= 11 is 0. The Morgan fingerprint density at radius 2 is 0.902 bits per heavy atom. The summed E-state index contributed by atoms with van der Waals surface area (Å²) in [6.45, 7) is 0. The van der Waals surface area contributed by atoms with Gasteiger partial charge < -0.3 is 13.9 Å². The van der Waals surface area contributed by atoms with Gasteiger partial charge in [-0.1, -0.05) is 164 Å². The van der Waals surface area contributed by atoms with Gasteiger partial charge in [-0.3, -0.25) is 0 Å². The molecule has 12 rings (SSSR count). The monoisotopic (exact) mass is 778 g/mol. The summed E-state index contributed by atoms with van der Waals surface area (Å²) in [6.07, 6.45) is 0. The van der Waals surface area contributed by atoms with Crippen LogP contribution < -0.4 is 4.90 Å². The topological polar surface area (TPSA) is 21.3 Å². The van der Waals surface area contributed by atoms with Crippen molar-refractivity contribution >= 4 is 71.6 Å². The standard InChI is InChI=1S/C58H38N2O/c1-2-15-41(16-3-1)47-34-30-44(43-27-26-39-14-4-5-17-42(39)36-43)37-56(47)59(46-32-28-40(29-33-46)45-31-35-51-50-20-8-13-25-57(50)61-58(51)38-45)54-23-11-12-24-55(54)60-52-21-9-6-18-48(52)49-19-7-10-22-53(49)60/h1-38H. The van der Waals surface area contributed by atoms with E-state index in [2.05, 4.69) is 228 Å². The largest absolute Gasteiger partial charge is 0.456 e. The minimum atomic E-state index is 0.891. The molecule has 0 saturated carbocycles. The molecule has 0 bridgehead atoms. The third-order valence-electron chi connectivity index (χ3n) is 12.2. The summed E-state index contributed by atoms with van der Waals surface area (Å²) in [5.41, 5.74) is 15.3. The first-order valence-electron chi connectivity index (χ1n) is 20.8. The van der Waals surface area contributed by atoms with Crippen LogP contribution in [0.1, 0.15) is 0 Å². The molecule has 0 aliphatic rings. The molecule has 2 aromatic heterocycles. The molecule has 12 aromatic rings. The van der Waals surface area contributed by atoms with E-state index >= 15 is 0 Å². The van der Waals surface area contributed by atoms with Crippen molar-refractivity contribution in [3.05, 3.63) is 231 Å². The third-order valence-corrected chi connectivity index (χ3v) is 12.2. The summed E-state index contributed by atoms with van der Waals surface area (Å²) < 4.78 is 8.75. The van der Waals surface area contributed by atoms with Crippen molar-refractivity contribution in [3.63, 3.8) is 0 Å². The number of hydrogen-bond donors (Lipinski definition) is 0. The maximum atomic E-state index is 6.32. The first-order valence-corrected chi connectivity index (χ1v) is 20.8. The van der Waals surface area contributed by atoms with Crippen LogP contribution in [0.3, 0.4) is 0 Å². The molecule has 2 heterocycles. The summed E-state index contributed by atoms with van der Waals surface area (Å²) in [5, 5.41) is 7.18. The van der Waals surface area contributed by atoms with E-state index in [1.807, 2.05) is 12.1 Å². The fraction of sp³-hybridized carbons (Fsp3) is 0. The van der Waals surface area contributed by atoms with E-state index in [0.717, 1.165) is 72.5 Å². The molecule has 0 fully saturated rings. The summed E-state index contributed by atoms with van der Waals surface area (Å²) in [7, 11) is 0. The first-order chi connectivity index (χ1) is 30.2. The molecule has 3 heteroatoms. The number of fused-ring (bicyclic) bond motifs is 7. The van der Waals surface area contributed by atoms with Gasteiger partial charge in [-0.25, -0.2) is 0 Å². The molecule has 0 radical (unpaired) electrons. The minimum absolute atomic E-state index is 0.891. The van der Waals surface area contributed by atoms with Gasteiger partial charge in [0.1, 0.15) is 11.2 Å². The van der Waals surface area contributed by atoms with Crippen LogP contribution in [0.25, 0.3) is 93.6 Å². The highest BCUT2D eigenvalue weighted by Gasteiger charge is 2.24. The molecule has 0 aliphatic heterocycles. The number of aromatic nitrogens is 1. The van der Waals surface area contributed by atoms with Crippen LogP contribution in [0.15, 0.2) is 235 Å². The van der Waals surface area contributed by atoms with E-state index in [-0.39, 0.29) is 0 Å². The van der Waals surface area contributed by atoms with Gasteiger partial charge in [0.15, 0.2) is 0 Å². The summed E-state index contributed by atoms with van der Waals surface area (Å²) in [6, 6.07) is 83.2. The highest BCUT2D eigenvalue weighted by molar-refractivity contribution is 6.10. The van der Waals surface area contributed by atoms with Gasteiger partial charge in [-0.05, 0) is 105 Å². The van der Waals surface area contributed by atoms with Crippen LogP contribution in [0.2, 0.25) is 0 Å². The Bertz CT molecular complexity index is 3540.